The lowest BCUT2D eigenvalue weighted by molar-refractivity contribution is 0.102. The predicted octanol–water partition coefficient (Wildman–Crippen LogP) is 2.87. The molecule has 0 aliphatic rings. The van der Waals surface area contributed by atoms with Gasteiger partial charge in [0.25, 0.3) is 0 Å². The average molecular weight is 315 g/mol. The van der Waals surface area contributed by atoms with E-state index in [1.807, 2.05) is 41.5 Å². The largest absolute Gasteiger partial charge is 0.507 e. The van der Waals surface area contributed by atoms with Gasteiger partial charge in [0.15, 0.2) is 0 Å². The van der Waals surface area contributed by atoms with Crippen LogP contribution in [0.4, 0.5) is 0 Å². The molecule has 118 valence electrons. The van der Waals surface area contributed by atoms with Crippen LogP contribution < -0.4 is 0 Å². The van der Waals surface area contributed by atoms with E-state index in [0.717, 1.165) is 0 Å². The Morgan fingerprint density at radius 3 is 1.48 bits per heavy atom. The second-order valence-electron chi connectivity index (χ2n) is 7.29. The van der Waals surface area contributed by atoms with Gasteiger partial charge in [0.1, 0.15) is 5.75 Å². The molecule has 0 fully saturated rings. The van der Waals surface area contributed by atoms with E-state index in [-0.39, 0.29) is 11.3 Å². The Balaban J connectivity index is 3.68. The SMILES string of the molecule is CC(C)(C)c1cc(C(=O)[P+](O)(O)O)cc(C(C)(C)C)c1O. The van der Waals surface area contributed by atoms with E-state index in [1.54, 1.807) is 0 Å². The molecule has 6 heteroatoms. The maximum absolute atomic E-state index is 12.0. The van der Waals surface area contributed by atoms with Gasteiger partial charge < -0.3 is 5.11 Å². The van der Waals surface area contributed by atoms with Gasteiger partial charge in [0, 0.05) is 11.1 Å². The Morgan fingerprint density at radius 2 is 1.24 bits per heavy atom. The number of aromatic hydroxyl groups is 1. The third kappa shape index (κ3) is 4.01. The molecule has 4 N–H and O–H groups in total. The molecule has 0 amide bonds. The lowest BCUT2D eigenvalue weighted by atomic mass is 9.78. The van der Waals surface area contributed by atoms with Gasteiger partial charge in [-0.05, 0) is 23.0 Å². The molecule has 0 saturated carbocycles. The molecule has 0 heterocycles. The zero-order chi connectivity index (χ0) is 16.8. The molecule has 0 bridgehead atoms. The van der Waals surface area contributed by atoms with Crippen molar-refractivity contribution in [2.24, 2.45) is 0 Å². The Kier molecular flexibility index (Phi) is 4.58. The van der Waals surface area contributed by atoms with Gasteiger partial charge in [0.2, 0.25) is 0 Å². The van der Waals surface area contributed by atoms with Crippen LogP contribution in [-0.4, -0.2) is 25.3 Å². The minimum Gasteiger partial charge on any atom is -0.507 e. The van der Waals surface area contributed by atoms with Crippen LogP contribution in [0, 0.1) is 0 Å². The van der Waals surface area contributed by atoms with Gasteiger partial charge >= 0.3 is 13.5 Å². The molecule has 5 nitrogen and oxygen atoms in total. The summed E-state index contributed by atoms with van der Waals surface area (Å²) in [4.78, 5) is 39.6. The summed E-state index contributed by atoms with van der Waals surface area (Å²) in [6, 6.07) is 2.81. The zero-order valence-electron chi connectivity index (χ0n) is 13.3. The van der Waals surface area contributed by atoms with E-state index in [1.165, 1.54) is 12.1 Å². The van der Waals surface area contributed by atoms with Crippen molar-refractivity contribution in [1.29, 1.82) is 0 Å². The summed E-state index contributed by atoms with van der Waals surface area (Å²) < 4.78 is 0. The fourth-order valence-corrected chi connectivity index (χ4v) is 2.55. The lowest BCUT2D eigenvalue weighted by Gasteiger charge is -2.27. The van der Waals surface area contributed by atoms with Crippen molar-refractivity contribution >= 4 is 13.5 Å². The molecule has 0 aromatic heterocycles. The Bertz CT molecular complexity index is 524. The van der Waals surface area contributed by atoms with Crippen molar-refractivity contribution < 1.29 is 24.6 Å². The summed E-state index contributed by atoms with van der Waals surface area (Å²) in [5.41, 5.74) is -0.968. The quantitative estimate of drug-likeness (QED) is 0.629. The van der Waals surface area contributed by atoms with Crippen molar-refractivity contribution in [3.05, 3.63) is 28.8 Å². The topological polar surface area (TPSA) is 98.0 Å². The maximum atomic E-state index is 12.0. The minimum atomic E-state index is -4.61. The van der Waals surface area contributed by atoms with E-state index in [2.05, 4.69) is 0 Å². The number of carbonyl (C=O) groups is 1. The van der Waals surface area contributed by atoms with E-state index in [9.17, 15) is 24.6 Å². The highest BCUT2D eigenvalue weighted by atomic mass is 31.2. The monoisotopic (exact) mass is 315 g/mol. The number of benzene rings is 1. The first-order chi connectivity index (χ1) is 9.15. The summed E-state index contributed by atoms with van der Waals surface area (Å²) in [5, 5.41) is 10.5. The van der Waals surface area contributed by atoms with Crippen LogP contribution in [0.3, 0.4) is 0 Å². The Hall–Kier alpha value is -1.00. The highest BCUT2D eigenvalue weighted by Gasteiger charge is 2.44. The van der Waals surface area contributed by atoms with E-state index < -0.39 is 24.3 Å². The molecule has 1 aromatic rings. The molecule has 0 radical (unpaired) electrons. The maximum Gasteiger partial charge on any atom is 0.483 e. The molecule has 0 spiro atoms. The standard InChI is InChI=1S/C15H23O5P/c1-14(2,3)10-7-9(13(17)21(18,19)20)8-11(12(10)16)15(4,5)6/h7-8,18-20H,1-6H3/p+1. The van der Waals surface area contributed by atoms with E-state index in [0.29, 0.717) is 11.1 Å². The molecule has 0 unspecified atom stereocenters. The fourth-order valence-electron chi connectivity index (χ4n) is 2.07. The molecule has 0 aliphatic heterocycles. The van der Waals surface area contributed by atoms with Gasteiger partial charge in [0.05, 0.1) is 5.56 Å². The number of hydrogen-bond acceptors (Lipinski definition) is 5. The number of hydrogen-bond donors (Lipinski definition) is 4. The molecule has 0 saturated heterocycles. The van der Waals surface area contributed by atoms with Crippen LogP contribution in [0.25, 0.3) is 0 Å². The third-order valence-corrected chi connectivity index (χ3v) is 4.05. The van der Waals surface area contributed by atoms with Gasteiger partial charge in [-0.3, -0.25) is 0 Å². The molecule has 0 atom stereocenters. The fraction of sp³-hybridized carbons (Fsp3) is 0.533. The molecular formula is C15H24O5P+. The summed E-state index contributed by atoms with van der Waals surface area (Å²) in [6.07, 6.45) is 0. The second-order valence-corrected chi connectivity index (χ2v) is 8.84. The van der Waals surface area contributed by atoms with Gasteiger partial charge in [-0.15, -0.1) is 0 Å². The molecule has 0 aliphatic carbocycles. The van der Waals surface area contributed by atoms with Gasteiger partial charge in [-0.25, -0.2) is 4.79 Å². The smallest absolute Gasteiger partial charge is 0.483 e. The van der Waals surface area contributed by atoms with Crippen LogP contribution in [0.15, 0.2) is 12.1 Å². The van der Waals surface area contributed by atoms with Crippen LogP contribution in [0.2, 0.25) is 0 Å². The summed E-state index contributed by atoms with van der Waals surface area (Å²) in [6.45, 7) is 11.3. The van der Waals surface area contributed by atoms with Crippen molar-refractivity contribution in [1.82, 2.24) is 0 Å². The summed E-state index contributed by atoms with van der Waals surface area (Å²) in [5.74, 6) is 0.0873. The third-order valence-electron chi connectivity index (χ3n) is 3.25. The average Bonchev–Trinajstić information content (AvgIpc) is 2.23. The van der Waals surface area contributed by atoms with Crippen LogP contribution in [-0.2, 0) is 10.8 Å². The number of carbonyl (C=O) groups excluding carboxylic acids is 1. The van der Waals surface area contributed by atoms with Crippen molar-refractivity contribution in [2.75, 3.05) is 0 Å². The molecule has 1 rings (SSSR count). The normalized spacial score (nSPS) is 13.4. The minimum absolute atomic E-state index is 0.0107. The number of phenols is 1. The Labute approximate surface area is 125 Å². The van der Waals surface area contributed by atoms with Crippen molar-refractivity contribution in [3.8, 4) is 5.75 Å². The van der Waals surface area contributed by atoms with Crippen LogP contribution >= 0.6 is 7.94 Å². The second kappa shape index (κ2) is 5.33. The van der Waals surface area contributed by atoms with Gasteiger partial charge in [-0.1, -0.05) is 41.5 Å². The lowest BCUT2D eigenvalue weighted by Crippen LogP contribution is -2.19. The highest BCUT2D eigenvalue weighted by molar-refractivity contribution is 7.76. The summed E-state index contributed by atoms with van der Waals surface area (Å²) >= 11 is 0. The summed E-state index contributed by atoms with van der Waals surface area (Å²) in [7, 11) is -4.61. The van der Waals surface area contributed by atoms with Crippen LogP contribution in [0.1, 0.15) is 63.0 Å². The van der Waals surface area contributed by atoms with Crippen molar-refractivity contribution in [2.45, 2.75) is 52.4 Å². The molecule has 21 heavy (non-hydrogen) atoms. The van der Waals surface area contributed by atoms with Crippen molar-refractivity contribution in [3.63, 3.8) is 0 Å². The highest BCUT2D eigenvalue weighted by Crippen LogP contribution is 2.49. The number of rotatable bonds is 2. The van der Waals surface area contributed by atoms with E-state index >= 15 is 0 Å². The van der Waals surface area contributed by atoms with Crippen LogP contribution in [0.5, 0.6) is 5.75 Å². The number of phenolic OH excluding ortho intramolecular Hbond substituents is 1. The first-order valence-corrected chi connectivity index (χ1v) is 8.30. The Morgan fingerprint density at radius 1 is 0.905 bits per heavy atom. The predicted molar refractivity (Wildman–Crippen MR) is 83.4 cm³/mol. The van der Waals surface area contributed by atoms with E-state index in [4.69, 9.17) is 0 Å². The molecule has 1 aromatic carbocycles. The first-order valence-electron chi connectivity index (χ1n) is 6.66. The van der Waals surface area contributed by atoms with Gasteiger partial charge in [-0.2, -0.15) is 14.7 Å². The molecular weight excluding hydrogens is 291 g/mol. The zero-order valence-corrected chi connectivity index (χ0v) is 14.2. The first kappa shape index (κ1) is 18.1.